The van der Waals surface area contributed by atoms with Crippen molar-refractivity contribution in [3.05, 3.63) is 70.5 Å². The van der Waals surface area contributed by atoms with Crippen LogP contribution in [0.2, 0.25) is 0 Å². The highest BCUT2D eigenvalue weighted by molar-refractivity contribution is 5.94. The van der Waals surface area contributed by atoms with Crippen LogP contribution in [0.25, 0.3) is 5.82 Å². The number of carbonyl (C=O) groups is 1. The number of hydrazone groups is 1. The van der Waals surface area contributed by atoms with Gasteiger partial charge in [0.05, 0.1) is 18.5 Å². The van der Waals surface area contributed by atoms with Gasteiger partial charge in [0.2, 0.25) is 11.6 Å². The Balaban J connectivity index is 1.46. The van der Waals surface area contributed by atoms with E-state index in [0.29, 0.717) is 36.0 Å². The molecule has 0 aliphatic rings. The molecular formula is C23H24N8O4. The lowest BCUT2D eigenvalue weighted by atomic mass is 10.1. The number of ether oxygens (including phenoxy) is 2. The average Bonchev–Trinajstić information content (AvgIpc) is 3.43. The maximum Gasteiger partial charge on any atom is 0.292 e. The predicted molar refractivity (Wildman–Crippen MR) is 127 cm³/mol. The third kappa shape index (κ3) is 5.43. The van der Waals surface area contributed by atoms with E-state index in [1.54, 1.807) is 19.1 Å². The number of amides is 1. The Morgan fingerprint density at radius 1 is 1.17 bits per heavy atom. The third-order valence-electron chi connectivity index (χ3n) is 4.87. The first-order chi connectivity index (χ1) is 17.0. The number of nitrogen functional groups attached to an aromatic ring is 1. The van der Waals surface area contributed by atoms with Crippen molar-refractivity contribution in [2.24, 2.45) is 5.10 Å². The molecular weight excluding hydrogens is 452 g/mol. The smallest absolute Gasteiger partial charge is 0.292 e. The Morgan fingerprint density at radius 3 is 2.77 bits per heavy atom. The Morgan fingerprint density at radius 2 is 2.03 bits per heavy atom. The van der Waals surface area contributed by atoms with E-state index in [0.717, 1.165) is 10.2 Å². The minimum absolute atomic E-state index is 0.0272. The summed E-state index contributed by atoms with van der Waals surface area (Å²) in [7, 11) is 0. The summed E-state index contributed by atoms with van der Waals surface area (Å²) in [6.07, 6.45) is 1.49. The maximum atomic E-state index is 12.7. The summed E-state index contributed by atoms with van der Waals surface area (Å²) in [5.74, 6) is 0.652. The molecule has 0 saturated carbocycles. The molecule has 0 saturated heterocycles. The highest BCUT2D eigenvalue weighted by atomic mass is 16.6. The number of nitrogens with zero attached hydrogens (tertiary/aromatic N) is 6. The van der Waals surface area contributed by atoms with Gasteiger partial charge in [0.25, 0.3) is 5.91 Å². The van der Waals surface area contributed by atoms with Crippen molar-refractivity contribution in [2.75, 3.05) is 12.3 Å². The zero-order valence-corrected chi connectivity index (χ0v) is 19.4. The van der Waals surface area contributed by atoms with Crippen LogP contribution in [0.5, 0.6) is 11.5 Å². The number of nitrogens with two attached hydrogens (primary N) is 1. The van der Waals surface area contributed by atoms with Crippen molar-refractivity contribution in [1.82, 2.24) is 30.7 Å². The second-order valence-corrected chi connectivity index (χ2v) is 7.52. The van der Waals surface area contributed by atoms with E-state index in [4.69, 9.17) is 15.2 Å². The minimum Gasteiger partial charge on any atom is -0.490 e. The fourth-order valence-corrected chi connectivity index (χ4v) is 3.28. The lowest BCUT2D eigenvalue weighted by Gasteiger charge is -2.13. The van der Waals surface area contributed by atoms with Gasteiger partial charge < -0.3 is 15.2 Å². The normalized spacial score (nSPS) is 11.1. The Kier molecular flexibility index (Phi) is 7.00. The van der Waals surface area contributed by atoms with E-state index in [-0.39, 0.29) is 17.3 Å². The van der Waals surface area contributed by atoms with Crippen LogP contribution >= 0.6 is 0 Å². The van der Waals surface area contributed by atoms with Gasteiger partial charge in [-0.2, -0.15) is 9.78 Å². The predicted octanol–water partition coefficient (Wildman–Crippen LogP) is 2.59. The monoisotopic (exact) mass is 476 g/mol. The van der Waals surface area contributed by atoms with Crippen LogP contribution < -0.4 is 20.6 Å². The number of nitrogens with one attached hydrogen (secondary N) is 1. The number of aromatic nitrogens is 5. The molecule has 0 aliphatic carbocycles. The molecule has 1 amide bonds. The largest absolute Gasteiger partial charge is 0.490 e. The highest BCUT2D eigenvalue weighted by Crippen LogP contribution is 2.29. The van der Waals surface area contributed by atoms with Crippen molar-refractivity contribution in [1.29, 1.82) is 0 Å². The Hall–Kier alpha value is -4.74. The first kappa shape index (κ1) is 23.4. The number of anilines is 1. The van der Waals surface area contributed by atoms with Gasteiger partial charge in [0.1, 0.15) is 6.61 Å². The molecule has 0 atom stereocenters. The van der Waals surface area contributed by atoms with Gasteiger partial charge in [-0.05, 0) is 60.4 Å². The molecule has 2 aromatic heterocycles. The second-order valence-electron chi connectivity index (χ2n) is 7.52. The van der Waals surface area contributed by atoms with Gasteiger partial charge >= 0.3 is 0 Å². The van der Waals surface area contributed by atoms with Crippen molar-refractivity contribution in [3.63, 3.8) is 0 Å². The number of hydrogen-bond donors (Lipinski definition) is 2. The molecule has 0 radical (unpaired) electrons. The van der Waals surface area contributed by atoms with Crippen molar-refractivity contribution in [3.8, 4) is 17.3 Å². The van der Waals surface area contributed by atoms with Gasteiger partial charge in [-0.3, -0.25) is 4.79 Å². The fraction of sp³-hybridized carbons (Fsp3) is 0.217. The number of aryl methyl sites for hydroxylation is 2. The van der Waals surface area contributed by atoms with Gasteiger partial charge in [-0.15, -0.1) is 5.10 Å². The zero-order valence-electron chi connectivity index (χ0n) is 19.4. The van der Waals surface area contributed by atoms with Crippen molar-refractivity contribution in [2.45, 2.75) is 27.4 Å². The number of hydrogen-bond acceptors (Lipinski definition) is 10. The zero-order chi connectivity index (χ0) is 24.8. The minimum atomic E-state index is -0.561. The molecule has 180 valence electrons. The summed E-state index contributed by atoms with van der Waals surface area (Å²) in [4.78, 5) is 12.7. The van der Waals surface area contributed by atoms with E-state index in [1.807, 2.05) is 38.1 Å². The van der Waals surface area contributed by atoms with Gasteiger partial charge in [-0.1, -0.05) is 35.0 Å². The second kappa shape index (κ2) is 10.5. The summed E-state index contributed by atoms with van der Waals surface area (Å²) in [6, 6.07) is 13.5. The molecule has 0 spiro atoms. The number of benzene rings is 2. The van der Waals surface area contributed by atoms with Crippen LogP contribution in [0.4, 0.5) is 5.82 Å². The van der Waals surface area contributed by atoms with Crippen LogP contribution in [-0.2, 0) is 6.61 Å². The number of rotatable bonds is 9. The van der Waals surface area contributed by atoms with Crippen molar-refractivity contribution < 1.29 is 18.9 Å². The SMILES string of the molecule is CCOc1cc(C=NNC(=O)c2c(C)nnn2-c2nonc2N)ccc1OCc1cccc(C)c1. The Labute approximate surface area is 200 Å². The van der Waals surface area contributed by atoms with Crippen LogP contribution in [0.3, 0.4) is 0 Å². The van der Waals surface area contributed by atoms with E-state index in [9.17, 15) is 4.79 Å². The first-order valence-corrected chi connectivity index (χ1v) is 10.8. The van der Waals surface area contributed by atoms with E-state index in [2.05, 4.69) is 41.8 Å². The molecule has 4 aromatic rings. The summed E-state index contributed by atoms with van der Waals surface area (Å²) < 4.78 is 17.4. The lowest BCUT2D eigenvalue weighted by molar-refractivity contribution is 0.0946. The lowest BCUT2D eigenvalue weighted by Crippen LogP contribution is -2.22. The molecule has 0 unspecified atom stereocenters. The summed E-state index contributed by atoms with van der Waals surface area (Å²) in [5.41, 5.74) is 11.5. The molecule has 0 fully saturated rings. The molecule has 12 nitrogen and oxygen atoms in total. The third-order valence-corrected chi connectivity index (χ3v) is 4.87. The van der Waals surface area contributed by atoms with Crippen LogP contribution in [-0.4, -0.2) is 44.0 Å². The molecule has 12 heteroatoms. The maximum absolute atomic E-state index is 12.7. The van der Waals surface area contributed by atoms with E-state index >= 15 is 0 Å². The van der Waals surface area contributed by atoms with E-state index < -0.39 is 5.91 Å². The summed E-state index contributed by atoms with van der Waals surface area (Å²) in [6.45, 7) is 6.43. The van der Waals surface area contributed by atoms with Crippen LogP contribution in [0.1, 0.15) is 39.8 Å². The summed E-state index contributed by atoms with van der Waals surface area (Å²) in [5, 5.41) is 18.9. The fourth-order valence-electron chi connectivity index (χ4n) is 3.28. The highest BCUT2D eigenvalue weighted by Gasteiger charge is 2.22. The van der Waals surface area contributed by atoms with Gasteiger partial charge in [-0.25, -0.2) is 10.1 Å². The molecule has 0 aliphatic heterocycles. The molecule has 35 heavy (non-hydrogen) atoms. The first-order valence-electron chi connectivity index (χ1n) is 10.8. The Bertz CT molecular complexity index is 1360. The van der Waals surface area contributed by atoms with Gasteiger partial charge in [0.15, 0.2) is 17.2 Å². The summed E-state index contributed by atoms with van der Waals surface area (Å²) >= 11 is 0. The van der Waals surface area contributed by atoms with E-state index in [1.165, 1.54) is 11.8 Å². The number of carbonyl (C=O) groups excluding carboxylic acids is 1. The molecule has 3 N–H and O–H groups in total. The van der Waals surface area contributed by atoms with Crippen LogP contribution in [0.15, 0.2) is 52.2 Å². The van der Waals surface area contributed by atoms with Gasteiger partial charge in [0, 0.05) is 0 Å². The average molecular weight is 476 g/mol. The molecule has 4 rings (SSSR count). The molecule has 2 heterocycles. The quantitative estimate of drug-likeness (QED) is 0.274. The molecule has 2 aromatic carbocycles. The van der Waals surface area contributed by atoms with Crippen LogP contribution in [0, 0.1) is 13.8 Å². The topological polar surface area (TPSA) is 156 Å². The molecule has 0 bridgehead atoms. The standard InChI is InChI=1S/C23H24N8O4/c1-4-33-19-11-16(8-9-18(19)34-13-17-7-5-6-14(2)10-17)12-25-27-23(32)20-15(3)26-30-31(20)22-21(24)28-35-29-22/h5-12H,4,13H2,1-3H3,(H2,24,28)(H,27,32). The van der Waals surface area contributed by atoms with Crippen molar-refractivity contribution >= 4 is 17.9 Å².